The lowest BCUT2D eigenvalue weighted by molar-refractivity contribution is 0.338. The minimum Gasteiger partial charge on any atom is -0.488 e. The van der Waals surface area contributed by atoms with Gasteiger partial charge < -0.3 is 14.5 Å². The Hall–Kier alpha value is -2.23. The van der Waals surface area contributed by atoms with E-state index in [9.17, 15) is 4.79 Å². The highest BCUT2D eigenvalue weighted by Gasteiger charge is 2.15. The van der Waals surface area contributed by atoms with Crippen molar-refractivity contribution in [1.82, 2.24) is 4.98 Å². The Morgan fingerprint density at radius 3 is 2.24 bits per heavy atom. The predicted octanol–water partition coefficient (Wildman–Crippen LogP) is 2.79. The van der Waals surface area contributed by atoms with Gasteiger partial charge in [0.15, 0.2) is 0 Å². The number of aromatic nitrogens is 1. The maximum atomic E-state index is 12.2. The van der Waals surface area contributed by atoms with Gasteiger partial charge in [0, 0.05) is 11.3 Å². The lowest BCUT2D eigenvalue weighted by Crippen LogP contribution is -2.15. The molecule has 0 aliphatic rings. The minimum atomic E-state index is -0.119. The minimum absolute atomic E-state index is 0.119. The number of hydrogen-bond acceptors (Lipinski definition) is 3. The Labute approximate surface area is 124 Å². The fourth-order valence-electron chi connectivity index (χ4n) is 2.30. The Kier molecular flexibility index (Phi) is 4.68. The SMILES string of the molecule is COc1[nH]c(CCc2ccc(C)cc2)c(C)c(=O)c1OC. The molecule has 0 aliphatic carbocycles. The molecule has 0 radical (unpaired) electrons. The van der Waals surface area contributed by atoms with Gasteiger partial charge in [-0.05, 0) is 32.3 Å². The molecule has 0 aliphatic heterocycles. The molecule has 4 nitrogen and oxygen atoms in total. The molecule has 0 fully saturated rings. The highest BCUT2D eigenvalue weighted by atomic mass is 16.5. The average Bonchev–Trinajstić information content (AvgIpc) is 2.50. The Morgan fingerprint density at radius 2 is 1.67 bits per heavy atom. The van der Waals surface area contributed by atoms with Gasteiger partial charge in [0.1, 0.15) is 0 Å². The van der Waals surface area contributed by atoms with Crippen molar-refractivity contribution in [3.05, 3.63) is 56.9 Å². The van der Waals surface area contributed by atoms with Crippen molar-refractivity contribution in [3.63, 3.8) is 0 Å². The summed E-state index contributed by atoms with van der Waals surface area (Å²) in [4.78, 5) is 15.4. The number of methoxy groups -OCH3 is 2. The van der Waals surface area contributed by atoms with E-state index < -0.39 is 0 Å². The summed E-state index contributed by atoms with van der Waals surface area (Å²) < 4.78 is 10.3. The van der Waals surface area contributed by atoms with E-state index >= 15 is 0 Å². The van der Waals surface area contributed by atoms with E-state index in [0.717, 1.165) is 18.5 Å². The molecule has 0 saturated carbocycles. The van der Waals surface area contributed by atoms with Crippen LogP contribution >= 0.6 is 0 Å². The largest absolute Gasteiger partial charge is 0.488 e. The lowest BCUT2D eigenvalue weighted by atomic mass is 10.0. The van der Waals surface area contributed by atoms with Gasteiger partial charge in [0.05, 0.1) is 14.2 Å². The van der Waals surface area contributed by atoms with Crippen molar-refractivity contribution >= 4 is 0 Å². The fraction of sp³-hybridized carbons (Fsp3) is 0.353. The summed E-state index contributed by atoms with van der Waals surface area (Å²) in [7, 11) is 2.99. The highest BCUT2D eigenvalue weighted by molar-refractivity contribution is 5.39. The zero-order chi connectivity index (χ0) is 15.4. The molecule has 2 rings (SSSR count). The Bertz CT molecular complexity index is 672. The van der Waals surface area contributed by atoms with Gasteiger partial charge in [0.25, 0.3) is 0 Å². The number of H-pyrrole nitrogens is 1. The molecule has 0 amide bonds. The summed E-state index contributed by atoms with van der Waals surface area (Å²) in [5, 5.41) is 0. The van der Waals surface area contributed by atoms with E-state index in [1.54, 1.807) is 0 Å². The number of aryl methyl sites for hydroxylation is 3. The first-order valence-corrected chi connectivity index (χ1v) is 6.96. The van der Waals surface area contributed by atoms with E-state index in [1.807, 2.05) is 6.92 Å². The first-order valence-electron chi connectivity index (χ1n) is 6.96. The second kappa shape index (κ2) is 6.48. The third kappa shape index (κ3) is 3.27. The van der Waals surface area contributed by atoms with Crippen LogP contribution in [0.3, 0.4) is 0 Å². The van der Waals surface area contributed by atoms with Gasteiger partial charge >= 0.3 is 0 Å². The normalized spacial score (nSPS) is 10.5. The van der Waals surface area contributed by atoms with E-state index in [-0.39, 0.29) is 11.2 Å². The lowest BCUT2D eigenvalue weighted by Gasteiger charge is -2.12. The van der Waals surface area contributed by atoms with Crippen LogP contribution in [0.2, 0.25) is 0 Å². The zero-order valence-electron chi connectivity index (χ0n) is 12.9. The van der Waals surface area contributed by atoms with E-state index in [4.69, 9.17) is 9.47 Å². The number of benzene rings is 1. The topological polar surface area (TPSA) is 51.3 Å². The molecule has 4 heteroatoms. The summed E-state index contributed by atoms with van der Waals surface area (Å²) >= 11 is 0. The van der Waals surface area contributed by atoms with Gasteiger partial charge in [-0.1, -0.05) is 29.8 Å². The summed E-state index contributed by atoms with van der Waals surface area (Å²) in [6.07, 6.45) is 1.62. The van der Waals surface area contributed by atoms with E-state index in [0.29, 0.717) is 11.4 Å². The summed E-state index contributed by atoms with van der Waals surface area (Å²) in [6.45, 7) is 3.88. The average molecular weight is 287 g/mol. The van der Waals surface area contributed by atoms with Gasteiger partial charge in [-0.3, -0.25) is 4.79 Å². The number of ether oxygens (including phenoxy) is 2. The van der Waals surface area contributed by atoms with Crippen LogP contribution in [0.5, 0.6) is 11.6 Å². The highest BCUT2D eigenvalue weighted by Crippen LogP contribution is 2.22. The molecule has 1 N–H and O–H groups in total. The van der Waals surface area contributed by atoms with Crippen molar-refractivity contribution in [1.29, 1.82) is 0 Å². The summed E-state index contributed by atoms with van der Waals surface area (Å²) in [5.41, 5.74) is 3.94. The van der Waals surface area contributed by atoms with Crippen LogP contribution in [0.4, 0.5) is 0 Å². The molecular formula is C17H21NO3. The number of nitrogens with one attached hydrogen (secondary N) is 1. The van der Waals surface area contributed by atoms with Gasteiger partial charge in [-0.2, -0.15) is 0 Å². The molecule has 112 valence electrons. The van der Waals surface area contributed by atoms with Crippen LogP contribution in [0.1, 0.15) is 22.4 Å². The van der Waals surface area contributed by atoms with Crippen LogP contribution in [-0.2, 0) is 12.8 Å². The molecule has 1 aromatic carbocycles. The van der Waals surface area contributed by atoms with Crippen LogP contribution in [0, 0.1) is 13.8 Å². The van der Waals surface area contributed by atoms with Crippen molar-refractivity contribution in [2.45, 2.75) is 26.7 Å². The molecule has 1 aromatic heterocycles. The number of rotatable bonds is 5. The van der Waals surface area contributed by atoms with E-state index in [2.05, 4.69) is 36.2 Å². The molecule has 0 saturated heterocycles. The smallest absolute Gasteiger partial charge is 0.238 e. The molecule has 0 spiro atoms. The standard InChI is InChI=1S/C17H21NO3/c1-11-5-7-13(8-6-11)9-10-14-12(2)15(19)16(20-3)17(18-14)21-4/h5-8H,9-10H2,1-4H3,(H,18,19). The second-order valence-corrected chi connectivity index (χ2v) is 5.11. The first kappa shape index (κ1) is 15.2. The van der Waals surface area contributed by atoms with Crippen LogP contribution in [-0.4, -0.2) is 19.2 Å². The molecular weight excluding hydrogens is 266 g/mol. The second-order valence-electron chi connectivity index (χ2n) is 5.11. The maximum Gasteiger partial charge on any atom is 0.238 e. The number of hydrogen-bond donors (Lipinski definition) is 1. The number of aromatic amines is 1. The van der Waals surface area contributed by atoms with Gasteiger partial charge in [-0.15, -0.1) is 0 Å². The number of pyridine rings is 1. The molecule has 0 atom stereocenters. The quantitative estimate of drug-likeness (QED) is 0.920. The maximum absolute atomic E-state index is 12.2. The molecule has 0 bridgehead atoms. The Morgan fingerprint density at radius 1 is 1.00 bits per heavy atom. The van der Waals surface area contributed by atoms with Crippen LogP contribution in [0.15, 0.2) is 29.1 Å². The third-order valence-corrected chi connectivity index (χ3v) is 3.66. The van der Waals surface area contributed by atoms with Crippen molar-refractivity contribution in [2.24, 2.45) is 0 Å². The van der Waals surface area contributed by atoms with Crippen molar-refractivity contribution in [2.75, 3.05) is 14.2 Å². The third-order valence-electron chi connectivity index (χ3n) is 3.66. The molecule has 21 heavy (non-hydrogen) atoms. The molecule has 0 unspecified atom stereocenters. The summed E-state index contributed by atoms with van der Waals surface area (Å²) in [5.74, 6) is 0.612. The molecule has 2 aromatic rings. The van der Waals surface area contributed by atoms with Gasteiger partial charge in [-0.25, -0.2) is 0 Å². The zero-order valence-corrected chi connectivity index (χ0v) is 12.9. The summed E-state index contributed by atoms with van der Waals surface area (Å²) in [6, 6.07) is 8.42. The van der Waals surface area contributed by atoms with E-state index in [1.165, 1.54) is 25.3 Å². The first-order chi connectivity index (χ1) is 10.1. The van der Waals surface area contributed by atoms with Crippen LogP contribution in [0.25, 0.3) is 0 Å². The Balaban J connectivity index is 2.26. The monoisotopic (exact) mass is 287 g/mol. The van der Waals surface area contributed by atoms with Crippen molar-refractivity contribution in [3.8, 4) is 11.6 Å². The van der Waals surface area contributed by atoms with Gasteiger partial charge in [0.2, 0.25) is 17.1 Å². The van der Waals surface area contributed by atoms with Crippen molar-refractivity contribution < 1.29 is 9.47 Å². The van der Waals surface area contributed by atoms with Crippen LogP contribution < -0.4 is 14.9 Å². The predicted molar refractivity (Wildman–Crippen MR) is 83.5 cm³/mol. The fourth-order valence-corrected chi connectivity index (χ4v) is 2.30. The molecule has 1 heterocycles.